The lowest BCUT2D eigenvalue weighted by Gasteiger charge is -2.19. The number of amides is 1. The molecular weight excluding hydrogens is 252 g/mol. The fourth-order valence-corrected chi connectivity index (χ4v) is 2.77. The van der Waals surface area contributed by atoms with Gasteiger partial charge in [0.1, 0.15) is 5.78 Å². The van der Waals surface area contributed by atoms with Gasteiger partial charge in [0, 0.05) is 12.5 Å². The summed E-state index contributed by atoms with van der Waals surface area (Å²) < 4.78 is 0. The molecule has 0 aromatic rings. The van der Waals surface area contributed by atoms with E-state index in [0.29, 0.717) is 13.0 Å². The van der Waals surface area contributed by atoms with Crippen LogP contribution in [0.1, 0.15) is 71.1 Å². The largest absolute Gasteiger partial charge is 0.356 e. The fourth-order valence-electron chi connectivity index (χ4n) is 2.77. The van der Waals surface area contributed by atoms with Crippen molar-refractivity contribution in [2.24, 2.45) is 11.7 Å². The van der Waals surface area contributed by atoms with Gasteiger partial charge in [-0.15, -0.1) is 0 Å². The molecule has 4 nitrogen and oxygen atoms in total. The van der Waals surface area contributed by atoms with Crippen LogP contribution in [0.2, 0.25) is 0 Å². The van der Waals surface area contributed by atoms with Crippen molar-refractivity contribution >= 4 is 11.7 Å². The van der Waals surface area contributed by atoms with Crippen LogP contribution in [0.3, 0.4) is 0 Å². The van der Waals surface area contributed by atoms with E-state index in [4.69, 9.17) is 5.73 Å². The number of Topliss-reactive ketones (excluding diaryl/α,β-unsaturated/α-hetero) is 1. The molecule has 1 aliphatic rings. The maximum atomic E-state index is 12.1. The fraction of sp³-hybridized carbons (Fsp3) is 0.875. The molecule has 0 bridgehead atoms. The van der Waals surface area contributed by atoms with Crippen LogP contribution in [0.15, 0.2) is 0 Å². The predicted molar refractivity (Wildman–Crippen MR) is 81.3 cm³/mol. The van der Waals surface area contributed by atoms with Gasteiger partial charge < -0.3 is 11.1 Å². The molecule has 0 heterocycles. The summed E-state index contributed by atoms with van der Waals surface area (Å²) in [6.45, 7) is 2.24. The van der Waals surface area contributed by atoms with E-state index in [2.05, 4.69) is 5.32 Å². The Morgan fingerprint density at radius 1 is 1.10 bits per heavy atom. The Kier molecular flexibility index (Phi) is 8.51. The Labute approximate surface area is 122 Å². The topological polar surface area (TPSA) is 72.2 Å². The number of rotatable bonds is 7. The summed E-state index contributed by atoms with van der Waals surface area (Å²) in [6, 6.07) is -0.337. The molecule has 0 radical (unpaired) electrons. The lowest BCUT2D eigenvalue weighted by atomic mass is 9.90. The number of nitrogens with one attached hydrogen (secondary N) is 1. The predicted octanol–water partition coefficient (Wildman–Crippen LogP) is 2.55. The minimum Gasteiger partial charge on any atom is -0.356 e. The number of carbonyl (C=O) groups is 2. The monoisotopic (exact) mass is 282 g/mol. The van der Waals surface area contributed by atoms with E-state index in [0.717, 1.165) is 25.7 Å². The van der Waals surface area contributed by atoms with Crippen LogP contribution in [0.5, 0.6) is 0 Å². The molecule has 0 aromatic heterocycles. The summed E-state index contributed by atoms with van der Waals surface area (Å²) in [7, 11) is 0. The van der Waals surface area contributed by atoms with Gasteiger partial charge in [0.05, 0.1) is 6.04 Å². The summed E-state index contributed by atoms with van der Waals surface area (Å²) in [5.74, 6) is 0.487. The summed E-state index contributed by atoms with van der Waals surface area (Å²) >= 11 is 0. The molecule has 3 N–H and O–H groups in total. The van der Waals surface area contributed by atoms with Gasteiger partial charge in [-0.1, -0.05) is 32.1 Å². The zero-order valence-corrected chi connectivity index (χ0v) is 12.8. The first-order chi connectivity index (χ1) is 9.61. The molecule has 116 valence electrons. The smallest absolute Gasteiger partial charge is 0.223 e. The van der Waals surface area contributed by atoms with Gasteiger partial charge in [0.25, 0.3) is 0 Å². The SMILES string of the molecule is CC(=O)[C@H](N)CCCCNC(=O)C1CCCCCCC1. The Balaban J connectivity index is 2.11. The highest BCUT2D eigenvalue weighted by atomic mass is 16.1. The summed E-state index contributed by atoms with van der Waals surface area (Å²) in [5.41, 5.74) is 5.67. The molecule has 0 aromatic carbocycles. The number of hydrogen-bond donors (Lipinski definition) is 2. The first-order valence-electron chi connectivity index (χ1n) is 8.15. The van der Waals surface area contributed by atoms with Crippen LogP contribution >= 0.6 is 0 Å². The van der Waals surface area contributed by atoms with Gasteiger partial charge in [0.2, 0.25) is 5.91 Å². The maximum absolute atomic E-state index is 12.1. The molecule has 20 heavy (non-hydrogen) atoms. The quantitative estimate of drug-likeness (QED) is 0.705. The zero-order chi connectivity index (χ0) is 14.8. The van der Waals surface area contributed by atoms with Crippen molar-refractivity contribution in [2.45, 2.75) is 77.2 Å². The average molecular weight is 282 g/mol. The highest BCUT2D eigenvalue weighted by Crippen LogP contribution is 2.22. The van der Waals surface area contributed by atoms with Gasteiger partial charge in [-0.25, -0.2) is 0 Å². The molecule has 1 atom stereocenters. The van der Waals surface area contributed by atoms with Crippen molar-refractivity contribution in [1.82, 2.24) is 5.32 Å². The number of unbranched alkanes of at least 4 members (excludes halogenated alkanes) is 1. The Morgan fingerprint density at radius 3 is 2.30 bits per heavy atom. The Morgan fingerprint density at radius 2 is 1.70 bits per heavy atom. The van der Waals surface area contributed by atoms with Crippen molar-refractivity contribution in [3.8, 4) is 0 Å². The minimum atomic E-state index is -0.337. The lowest BCUT2D eigenvalue weighted by molar-refractivity contribution is -0.125. The van der Waals surface area contributed by atoms with E-state index in [1.165, 1.54) is 39.0 Å². The number of hydrogen-bond acceptors (Lipinski definition) is 3. The first kappa shape index (κ1) is 17.2. The third-order valence-electron chi connectivity index (χ3n) is 4.24. The van der Waals surface area contributed by atoms with E-state index >= 15 is 0 Å². The molecule has 1 amide bonds. The van der Waals surface area contributed by atoms with Crippen molar-refractivity contribution in [2.75, 3.05) is 6.54 Å². The Hall–Kier alpha value is -0.900. The number of carbonyl (C=O) groups excluding carboxylic acids is 2. The van der Waals surface area contributed by atoms with Crippen LogP contribution < -0.4 is 11.1 Å². The van der Waals surface area contributed by atoms with Crippen LogP contribution in [0.25, 0.3) is 0 Å². The zero-order valence-electron chi connectivity index (χ0n) is 12.8. The van der Waals surface area contributed by atoms with Crippen LogP contribution in [0, 0.1) is 5.92 Å². The average Bonchev–Trinajstić information content (AvgIpc) is 2.37. The van der Waals surface area contributed by atoms with Gasteiger partial charge in [0.15, 0.2) is 0 Å². The highest BCUT2D eigenvalue weighted by molar-refractivity contribution is 5.81. The van der Waals surface area contributed by atoms with E-state index in [-0.39, 0.29) is 23.7 Å². The molecule has 0 aliphatic heterocycles. The van der Waals surface area contributed by atoms with Gasteiger partial charge >= 0.3 is 0 Å². The van der Waals surface area contributed by atoms with Gasteiger partial charge in [-0.05, 0) is 39.0 Å². The molecule has 1 aliphatic carbocycles. The van der Waals surface area contributed by atoms with Gasteiger partial charge in [-0.3, -0.25) is 9.59 Å². The van der Waals surface area contributed by atoms with E-state index < -0.39 is 0 Å². The molecule has 0 unspecified atom stereocenters. The Bertz CT molecular complexity index is 297. The molecule has 0 spiro atoms. The molecule has 1 fully saturated rings. The van der Waals surface area contributed by atoms with E-state index in [1.807, 2.05) is 0 Å². The third-order valence-corrected chi connectivity index (χ3v) is 4.24. The standard InChI is InChI=1S/C16H30N2O2/c1-13(19)15(17)11-7-8-12-18-16(20)14-9-5-3-2-4-6-10-14/h14-15H,2-12,17H2,1H3,(H,18,20)/t15-/m1/s1. The minimum absolute atomic E-state index is 0.0450. The summed E-state index contributed by atoms with van der Waals surface area (Å²) in [6.07, 6.45) is 10.8. The lowest BCUT2D eigenvalue weighted by Crippen LogP contribution is -2.32. The van der Waals surface area contributed by atoms with E-state index in [1.54, 1.807) is 0 Å². The van der Waals surface area contributed by atoms with Crippen LogP contribution in [-0.2, 0) is 9.59 Å². The molecular formula is C16H30N2O2. The molecule has 4 heteroatoms. The van der Waals surface area contributed by atoms with Crippen molar-refractivity contribution in [3.63, 3.8) is 0 Å². The second-order valence-corrected chi connectivity index (χ2v) is 6.05. The summed E-state index contributed by atoms with van der Waals surface area (Å²) in [5, 5.41) is 3.04. The number of nitrogens with two attached hydrogens (primary N) is 1. The molecule has 1 rings (SSSR count). The highest BCUT2D eigenvalue weighted by Gasteiger charge is 2.18. The van der Waals surface area contributed by atoms with Crippen LogP contribution in [-0.4, -0.2) is 24.3 Å². The third kappa shape index (κ3) is 7.04. The first-order valence-corrected chi connectivity index (χ1v) is 8.15. The second-order valence-electron chi connectivity index (χ2n) is 6.05. The molecule has 1 saturated carbocycles. The van der Waals surface area contributed by atoms with Crippen molar-refractivity contribution in [3.05, 3.63) is 0 Å². The molecule has 0 saturated heterocycles. The summed E-state index contributed by atoms with van der Waals surface area (Å²) in [4.78, 5) is 23.1. The van der Waals surface area contributed by atoms with Crippen molar-refractivity contribution in [1.29, 1.82) is 0 Å². The van der Waals surface area contributed by atoms with Crippen molar-refractivity contribution < 1.29 is 9.59 Å². The van der Waals surface area contributed by atoms with Crippen LogP contribution in [0.4, 0.5) is 0 Å². The van der Waals surface area contributed by atoms with E-state index in [9.17, 15) is 9.59 Å². The number of ketones is 1. The second kappa shape index (κ2) is 9.92. The normalized spacial score (nSPS) is 18.9. The maximum Gasteiger partial charge on any atom is 0.223 e. The van der Waals surface area contributed by atoms with Gasteiger partial charge in [-0.2, -0.15) is 0 Å².